The molecule has 1 aliphatic heterocycles. The average Bonchev–Trinajstić information content (AvgIpc) is 2.99. The average molecular weight is 304 g/mol. The van der Waals surface area contributed by atoms with Crippen LogP contribution in [-0.4, -0.2) is 28.1 Å². The number of likely N-dealkylation sites (tertiary alicyclic amines) is 1. The van der Waals surface area contributed by atoms with Crippen molar-refractivity contribution in [1.82, 2.24) is 15.0 Å². The Hall–Kier alpha value is -1.79. The van der Waals surface area contributed by atoms with Crippen molar-refractivity contribution in [3.05, 3.63) is 47.4 Å². The van der Waals surface area contributed by atoms with Crippen LogP contribution in [0.4, 0.5) is 4.39 Å². The summed E-state index contributed by atoms with van der Waals surface area (Å²) >= 11 is 0. The lowest BCUT2D eigenvalue weighted by molar-refractivity contribution is 0.172. The van der Waals surface area contributed by atoms with Crippen molar-refractivity contribution in [2.24, 2.45) is 11.7 Å². The van der Waals surface area contributed by atoms with Gasteiger partial charge < -0.3 is 10.3 Å². The SMILES string of the molecule is NCc1nc(CN2CCC(Cc3ccc(F)cc3)CC2)no1. The summed E-state index contributed by atoms with van der Waals surface area (Å²) in [5.74, 6) is 1.68. The quantitative estimate of drug-likeness (QED) is 0.916. The first kappa shape index (κ1) is 15.1. The maximum absolute atomic E-state index is 12.9. The van der Waals surface area contributed by atoms with Crippen LogP contribution >= 0.6 is 0 Å². The highest BCUT2D eigenvalue weighted by atomic mass is 19.1. The standard InChI is InChI=1S/C16H21FN4O/c17-14-3-1-12(2-4-14)9-13-5-7-21(8-6-13)11-15-19-16(10-18)22-20-15/h1-4,13H,5-11,18H2. The van der Waals surface area contributed by atoms with E-state index in [4.69, 9.17) is 10.3 Å². The van der Waals surface area contributed by atoms with Gasteiger partial charge >= 0.3 is 0 Å². The van der Waals surface area contributed by atoms with E-state index in [-0.39, 0.29) is 12.4 Å². The van der Waals surface area contributed by atoms with E-state index in [9.17, 15) is 4.39 Å². The van der Waals surface area contributed by atoms with Gasteiger partial charge in [0.25, 0.3) is 0 Å². The summed E-state index contributed by atoms with van der Waals surface area (Å²) in [6.45, 7) is 3.05. The van der Waals surface area contributed by atoms with E-state index in [0.29, 0.717) is 24.2 Å². The van der Waals surface area contributed by atoms with Crippen LogP contribution in [0.1, 0.15) is 30.1 Å². The van der Waals surface area contributed by atoms with Gasteiger partial charge in [0, 0.05) is 0 Å². The Morgan fingerprint density at radius 3 is 2.59 bits per heavy atom. The molecule has 1 aliphatic rings. The Morgan fingerprint density at radius 2 is 1.95 bits per heavy atom. The Labute approximate surface area is 129 Å². The fourth-order valence-corrected chi connectivity index (χ4v) is 2.94. The number of aromatic nitrogens is 2. The number of piperidine rings is 1. The van der Waals surface area contributed by atoms with Crippen molar-refractivity contribution in [2.75, 3.05) is 13.1 Å². The van der Waals surface area contributed by atoms with Gasteiger partial charge in [0.2, 0.25) is 5.89 Å². The van der Waals surface area contributed by atoms with Crippen molar-refractivity contribution in [3.8, 4) is 0 Å². The van der Waals surface area contributed by atoms with Gasteiger partial charge in [-0.2, -0.15) is 4.98 Å². The fourth-order valence-electron chi connectivity index (χ4n) is 2.94. The molecule has 1 aromatic carbocycles. The van der Waals surface area contributed by atoms with E-state index in [2.05, 4.69) is 15.0 Å². The normalized spacial score (nSPS) is 17.0. The molecule has 5 nitrogen and oxygen atoms in total. The molecule has 1 fully saturated rings. The molecule has 0 atom stereocenters. The Bertz CT molecular complexity index is 590. The molecule has 1 aromatic heterocycles. The highest BCUT2D eigenvalue weighted by Crippen LogP contribution is 2.22. The third kappa shape index (κ3) is 3.90. The summed E-state index contributed by atoms with van der Waals surface area (Å²) in [6.07, 6.45) is 3.30. The number of rotatable bonds is 5. The molecule has 2 aromatic rings. The number of nitrogens with two attached hydrogens (primary N) is 1. The van der Waals surface area contributed by atoms with E-state index < -0.39 is 0 Å². The molecule has 22 heavy (non-hydrogen) atoms. The highest BCUT2D eigenvalue weighted by Gasteiger charge is 2.21. The molecule has 6 heteroatoms. The summed E-state index contributed by atoms with van der Waals surface area (Å²) < 4.78 is 17.9. The van der Waals surface area contributed by atoms with E-state index in [0.717, 1.165) is 32.4 Å². The third-order valence-electron chi connectivity index (χ3n) is 4.19. The van der Waals surface area contributed by atoms with E-state index in [1.54, 1.807) is 0 Å². The van der Waals surface area contributed by atoms with E-state index >= 15 is 0 Å². The van der Waals surface area contributed by atoms with Gasteiger partial charge in [0.05, 0.1) is 13.1 Å². The molecular formula is C16H21FN4O. The number of halogens is 1. The van der Waals surface area contributed by atoms with Crippen LogP contribution in [0.3, 0.4) is 0 Å². The second kappa shape index (κ2) is 6.98. The minimum absolute atomic E-state index is 0.171. The summed E-state index contributed by atoms with van der Waals surface area (Å²) in [6, 6.07) is 6.84. The smallest absolute Gasteiger partial charge is 0.240 e. The van der Waals surface area contributed by atoms with E-state index in [1.807, 2.05) is 12.1 Å². The molecule has 0 unspecified atom stereocenters. The molecule has 2 heterocycles. The minimum atomic E-state index is -0.171. The first-order chi connectivity index (χ1) is 10.7. The predicted molar refractivity (Wildman–Crippen MR) is 80.3 cm³/mol. The first-order valence-corrected chi connectivity index (χ1v) is 7.71. The zero-order chi connectivity index (χ0) is 15.4. The van der Waals surface area contributed by atoms with Crippen molar-refractivity contribution >= 4 is 0 Å². The molecular weight excluding hydrogens is 283 g/mol. The van der Waals surface area contributed by atoms with Gasteiger partial charge in [0.1, 0.15) is 5.82 Å². The maximum atomic E-state index is 12.9. The van der Waals surface area contributed by atoms with Crippen molar-refractivity contribution in [3.63, 3.8) is 0 Å². The van der Waals surface area contributed by atoms with Crippen LogP contribution in [0.15, 0.2) is 28.8 Å². The van der Waals surface area contributed by atoms with Crippen molar-refractivity contribution in [2.45, 2.75) is 32.4 Å². The van der Waals surface area contributed by atoms with Crippen LogP contribution < -0.4 is 5.73 Å². The highest BCUT2D eigenvalue weighted by molar-refractivity contribution is 5.16. The third-order valence-corrected chi connectivity index (χ3v) is 4.19. The van der Waals surface area contributed by atoms with E-state index in [1.165, 1.54) is 17.7 Å². The topological polar surface area (TPSA) is 68.2 Å². The second-order valence-corrected chi connectivity index (χ2v) is 5.86. The molecule has 2 N–H and O–H groups in total. The molecule has 0 aliphatic carbocycles. The van der Waals surface area contributed by atoms with Crippen LogP contribution in [0.25, 0.3) is 0 Å². The zero-order valence-corrected chi connectivity index (χ0v) is 12.5. The van der Waals surface area contributed by atoms with Crippen molar-refractivity contribution in [1.29, 1.82) is 0 Å². The molecule has 0 spiro atoms. The molecule has 0 bridgehead atoms. The molecule has 0 amide bonds. The summed E-state index contributed by atoms with van der Waals surface area (Å²) in [5, 5.41) is 3.93. The number of benzene rings is 1. The zero-order valence-electron chi connectivity index (χ0n) is 12.5. The van der Waals surface area contributed by atoms with Gasteiger partial charge in [-0.05, 0) is 56.0 Å². The van der Waals surface area contributed by atoms with Crippen LogP contribution in [0.2, 0.25) is 0 Å². The molecule has 1 saturated heterocycles. The largest absolute Gasteiger partial charge is 0.338 e. The minimum Gasteiger partial charge on any atom is -0.338 e. The van der Waals surface area contributed by atoms with Crippen LogP contribution in [0.5, 0.6) is 0 Å². The van der Waals surface area contributed by atoms with Gasteiger partial charge in [-0.1, -0.05) is 17.3 Å². The monoisotopic (exact) mass is 304 g/mol. The van der Waals surface area contributed by atoms with Crippen LogP contribution in [0, 0.1) is 11.7 Å². The molecule has 118 valence electrons. The summed E-state index contributed by atoms with van der Waals surface area (Å²) in [7, 11) is 0. The Kier molecular flexibility index (Phi) is 4.80. The van der Waals surface area contributed by atoms with Crippen LogP contribution in [-0.2, 0) is 19.5 Å². The molecule has 3 rings (SSSR count). The number of nitrogens with zero attached hydrogens (tertiary/aromatic N) is 3. The molecule has 0 saturated carbocycles. The maximum Gasteiger partial charge on any atom is 0.240 e. The second-order valence-electron chi connectivity index (χ2n) is 5.86. The number of hydrogen-bond acceptors (Lipinski definition) is 5. The summed E-state index contributed by atoms with van der Waals surface area (Å²) in [5.41, 5.74) is 6.68. The number of hydrogen-bond donors (Lipinski definition) is 1. The lowest BCUT2D eigenvalue weighted by Gasteiger charge is -2.31. The fraction of sp³-hybridized carbons (Fsp3) is 0.500. The molecule has 0 radical (unpaired) electrons. The Balaban J connectivity index is 1.46. The first-order valence-electron chi connectivity index (χ1n) is 7.71. The Morgan fingerprint density at radius 1 is 1.23 bits per heavy atom. The van der Waals surface area contributed by atoms with Gasteiger partial charge in [-0.25, -0.2) is 4.39 Å². The van der Waals surface area contributed by atoms with Crippen molar-refractivity contribution < 1.29 is 8.91 Å². The predicted octanol–water partition coefficient (Wildman–Crippen LogP) is 2.12. The summed E-state index contributed by atoms with van der Waals surface area (Å²) in [4.78, 5) is 6.58. The van der Waals surface area contributed by atoms with Gasteiger partial charge in [-0.3, -0.25) is 4.90 Å². The lowest BCUT2D eigenvalue weighted by Crippen LogP contribution is -2.34. The van der Waals surface area contributed by atoms with Gasteiger partial charge in [-0.15, -0.1) is 0 Å². The van der Waals surface area contributed by atoms with Gasteiger partial charge in [0.15, 0.2) is 5.82 Å². The lowest BCUT2D eigenvalue weighted by atomic mass is 9.90.